The van der Waals surface area contributed by atoms with Crippen LogP contribution in [-0.4, -0.2) is 28.1 Å². The Labute approximate surface area is 112 Å². The number of primary amides is 1. The van der Waals surface area contributed by atoms with Crippen LogP contribution in [0.1, 0.15) is 53.2 Å². The van der Waals surface area contributed by atoms with Crippen LogP contribution in [0.3, 0.4) is 0 Å². The molecule has 1 aromatic heterocycles. The number of nitrogens with two attached hydrogens (primary N) is 1. The van der Waals surface area contributed by atoms with E-state index in [0.29, 0.717) is 24.7 Å². The van der Waals surface area contributed by atoms with Gasteiger partial charge in [-0.1, -0.05) is 6.07 Å². The number of nitrogens with one attached hydrogen (secondary N) is 1. The average Bonchev–Trinajstić information content (AvgIpc) is 3.25. The number of carbonyl (C=O) groups excluding carboxylic acids is 1. The highest BCUT2D eigenvalue weighted by molar-refractivity contribution is 5.92. The smallest absolute Gasteiger partial charge is 0.267 e. The molecule has 0 saturated heterocycles. The summed E-state index contributed by atoms with van der Waals surface area (Å²) in [7, 11) is 0. The van der Waals surface area contributed by atoms with Crippen LogP contribution < -0.4 is 11.1 Å². The highest BCUT2D eigenvalue weighted by Gasteiger charge is 2.39. The van der Waals surface area contributed by atoms with Crippen LogP contribution in [-0.2, 0) is 6.54 Å². The van der Waals surface area contributed by atoms with Crippen molar-refractivity contribution in [1.29, 1.82) is 0 Å². The molecule has 102 valence electrons. The first kappa shape index (κ1) is 12.6. The van der Waals surface area contributed by atoms with Crippen LogP contribution in [0.2, 0.25) is 0 Å². The Morgan fingerprint density at radius 1 is 1.53 bits per heavy atom. The van der Waals surface area contributed by atoms with Crippen molar-refractivity contribution in [2.45, 2.75) is 43.7 Å². The molecule has 0 bridgehead atoms. The van der Waals surface area contributed by atoms with Crippen LogP contribution in [0.5, 0.6) is 0 Å². The zero-order valence-electron chi connectivity index (χ0n) is 10.9. The zero-order chi connectivity index (χ0) is 13.5. The molecule has 5 nitrogen and oxygen atoms in total. The second-order valence-electron chi connectivity index (χ2n) is 5.75. The molecule has 5 heteroatoms. The standard InChI is InChI=1S/C14H19N3O2/c15-13(18)12-11(10-1-2-10)5-9(7-17-12)6-16-8-14(19)3-4-14/h5,7,10,16,19H,1-4,6,8H2,(H2,15,18). The van der Waals surface area contributed by atoms with Crippen molar-refractivity contribution in [1.82, 2.24) is 10.3 Å². The normalized spacial score (nSPS) is 20.3. The molecule has 1 heterocycles. The maximum atomic E-state index is 11.3. The molecule has 0 atom stereocenters. The van der Waals surface area contributed by atoms with E-state index in [1.165, 1.54) is 0 Å². The van der Waals surface area contributed by atoms with Gasteiger partial charge in [0.2, 0.25) is 0 Å². The van der Waals surface area contributed by atoms with E-state index in [1.807, 2.05) is 6.07 Å². The molecule has 2 aliphatic rings. The van der Waals surface area contributed by atoms with Gasteiger partial charge in [-0.3, -0.25) is 9.78 Å². The Hall–Kier alpha value is -1.46. The summed E-state index contributed by atoms with van der Waals surface area (Å²) in [5.74, 6) is -0.00346. The van der Waals surface area contributed by atoms with Crippen LogP contribution in [0, 0.1) is 0 Å². The molecule has 3 rings (SSSR count). The quantitative estimate of drug-likeness (QED) is 0.702. The number of pyridine rings is 1. The molecule has 0 aromatic carbocycles. The van der Waals surface area contributed by atoms with E-state index >= 15 is 0 Å². The fourth-order valence-corrected chi connectivity index (χ4v) is 2.30. The van der Waals surface area contributed by atoms with Gasteiger partial charge in [0, 0.05) is 19.3 Å². The lowest BCUT2D eigenvalue weighted by Crippen LogP contribution is -2.27. The van der Waals surface area contributed by atoms with Gasteiger partial charge in [0.05, 0.1) is 5.60 Å². The van der Waals surface area contributed by atoms with Crippen molar-refractivity contribution in [3.05, 3.63) is 29.1 Å². The lowest BCUT2D eigenvalue weighted by molar-refractivity contribution is 0.0994. The minimum absolute atomic E-state index is 0.409. The molecule has 0 spiro atoms. The molecule has 4 N–H and O–H groups in total. The van der Waals surface area contributed by atoms with Gasteiger partial charge >= 0.3 is 0 Å². The van der Waals surface area contributed by atoms with E-state index < -0.39 is 11.5 Å². The van der Waals surface area contributed by atoms with Crippen LogP contribution >= 0.6 is 0 Å². The summed E-state index contributed by atoms with van der Waals surface area (Å²) in [5.41, 5.74) is 7.29. The monoisotopic (exact) mass is 261 g/mol. The van der Waals surface area contributed by atoms with Crippen molar-refractivity contribution in [2.75, 3.05) is 6.54 Å². The van der Waals surface area contributed by atoms with Crippen LogP contribution in [0.15, 0.2) is 12.3 Å². The number of aliphatic hydroxyl groups is 1. The van der Waals surface area contributed by atoms with E-state index in [2.05, 4.69) is 10.3 Å². The summed E-state index contributed by atoms with van der Waals surface area (Å²) in [5, 5.41) is 13.0. The van der Waals surface area contributed by atoms with Crippen molar-refractivity contribution in [3.8, 4) is 0 Å². The van der Waals surface area contributed by atoms with Gasteiger partial charge in [0.25, 0.3) is 5.91 Å². The maximum Gasteiger partial charge on any atom is 0.267 e. The molecule has 0 unspecified atom stereocenters. The summed E-state index contributed by atoms with van der Waals surface area (Å²) in [6.45, 7) is 1.28. The zero-order valence-corrected chi connectivity index (χ0v) is 10.9. The topological polar surface area (TPSA) is 88.2 Å². The lowest BCUT2D eigenvalue weighted by Gasteiger charge is -2.11. The number of nitrogens with zero attached hydrogens (tertiary/aromatic N) is 1. The summed E-state index contributed by atoms with van der Waals surface area (Å²) in [6, 6.07) is 2.02. The Balaban J connectivity index is 1.68. The summed E-state index contributed by atoms with van der Waals surface area (Å²) in [6.07, 6.45) is 5.67. The molecule has 2 fully saturated rings. The Kier molecular flexibility index (Phi) is 3.03. The molecule has 0 aliphatic heterocycles. The fraction of sp³-hybridized carbons (Fsp3) is 0.571. The number of hydrogen-bond acceptors (Lipinski definition) is 4. The molecule has 1 aromatic rings. The minimum Gasteiger partial charge on any atom is -0.389 e. The fourth-order valence-electron chi connectivity index (χ4n) is 2.30. The Bertz CT molecular complexity index is 507. The van der Waals surface area contributed by atoms with Gasteiger partial charge in [-0.2, -0.15) is 0 Å². The highest BCUT2D eigenvalue weighted by Crippen LogP contribution is 2.41. The second kappa shape index (κ2) is 4.58. The Morgan fingerprint density at radius 2 is 2.26 bits per heavy atom. The molecule has 2 saturated carbocycles. The summed E-state index contributed by atoms with van der Waals surface area (Å²) >= 11 is 0. The number of hydrogen-bond donors (Lipinski definition) is 3. The SMILES string of the molecule is NC(=O)c1ncc(CNCC2(O)CC2)cc1C1CC1. The lowest BCUT2D eigenvalue weighted by atomic mass is 10.1. The molecular weight excluding hydrogens is 242 g/mol. The summed E-state index contributed by atoms with van der Waals surface area (Å²) < 4.78 is 0. The van der Waals surface area contributed by atoms with E-state index in [1.54, 1.807) is 6.20 Å². The predicted molar refractivity (Wildman–Crippen MR) is 70.6 cm³/mol. The molecule has 19 heavy (non-hydrogen) atoms. The van der Waals surface area contributed by atoms with E-state index in [4.69, 9.17) is 5.73 Å². The van der Waals surface area contributed by atoms with Crippen LogP contribution in [0.4, 0.5) is 0 Å². The third kappa shape index (κ3) is 2.93. The largest absolute Gasteiger partial charge is 0.389 e. The van der Waals surface area contributed by atoms with Crippen molar-refractivity contribution >= 4 is 5.91 Å². The number of amides is 1. The average molecular weight is 261 g/mol. The number of carbonyl (C=O) groups is 1. The van der Waals surface area contributed by atoms with Gasteiger partial charge in [-0.15, -0.1) is 0 Å². The maximum absolute atomic E-state index is 11.3. The molecule has 0 radical (unpaired) electrons. The Morgan fingerprint density at radius 3 is 2.84 bits per heavy atom. The van der Waals surface area contributed by atoms with Crippen molar-refractivity contribution < 1.29 is 9.90 Å². The molecular formula is C14H19N3O2. The van der Waals surface area contributed by atoms with Gasteiger partial charge in [0.15, 0.2) is 0 Å². The number of rotatable bonds is 6. The minimum atomic E-state index is -0.486. The summed E-state index contributed by atoms with van der Waals surface area (Å²) in [4.78, 5) is 15.5. The first-order valence-electron chi connectivity index (χ1n) is 6.79. The third-order valence-corrected chi connectivity index (χ3v) is 3.83. The van der Waals surface area contributed by atoms with Crippen molar-refractivity contribution in [2.24, 2.45) is 5.73 Å². The highest BCUT2D eigenvalue weighted by atomic mass is 16.3. The first-order chi connectivity index (χ1) is 9.07. The van der Waals surface area contributed by atoms with E-state index in [-0.39, 0.29) is 0 Å². The third-order valence-electron chi connectivity index (χ3n) is 3.83. The first-order valence-corrected chi connectivity index (χ1v) is 6.79. The van der Waals surface area contributed by atoms with E-state index in [9.17, 15) is 9.90 Å². The predicted octanol–water partition coefficient (Wildman–Crippen LogP) is 0.672. The second-order valence-corrected chi connectivity index (χ2v) is 5.75. The van der Waals surface area contributed by atoms with E-state index in [0.717, 1.165) is 36.8 Å². The van der Waals surface area contributed by atoms with Gasteiger partial charge < -0.3 is 16.2 Å². The van der Waals surface area contributed by atoms with Gasteiger partial charge in [-0.25, -0.2) is 0 Å². The molecule has 2 aliphatic carbocycles. The van der Waals surface area contributed by atoms with Crippen molar-refractivity contribution in [3.63, 3.8) is 0 Å². The van der Waals surface area contributed by atoms with Crippen LogP contribution in [0.25, 0.3) is 0 Å². The number of aromatic nitrogens is 1. The van der Waals surface area contributed by atoms with Gasteiger partial charge in [-0.05, 0) is 42.7 Å². The molecule has 1 amide bonds. The van der Waals surface area contributed by atoms with Gasteiger partial charge in [0.1, 0.15) is 5.69 Å².